The predicted octanol–water partition coefficient (Wildman–Crippen LogP) is 6.40. The van der Waals surface area contributed by atoms with Crippen LogP contribution in [0, 0.1) is 12.7 Å². The van der Waals surface area contributed by atoms with Gasteiger partial charge >= 0.3 is 0 Å². The highest BCUT2D eigenvalue weighted by Crippen LogP contribution is 2.42. The van der Waals surface area contributed by atoms with Crippen molar-refractivity contribution in [1.82, 2.24) is 4.90 Å². The number of benzene rings is 3. The smallest absolute Gasteiger partial charge is 0.295 e. The summed E-state index contributed by atoms with van der Waals surface area (Å²) in [6, 6.07) is 23.7. The maximum atomic E-state index is 13.4. The Bertz CT molecular complexity index is 1460. The minimum Gasteiger partial charge on any atom is -0.507 e. The number of aliphatic hydroxyl groups excluding tert-OH is 1. The summed E-state index contributed by atoms with van der Waals surface area (Å²) in [5.41, 5.74) is 2.96. The quantitative estimate of drug-likeness (QED) is 0.177. The second-order valence-electron chi connectivity index (χ2n) is 8.82. The van der Waals surface area contributed by atoms with Gasteiger partial charge in [0.2, 0.25) is 0 Å². The number of hydrogen-bond donors (Lipinski definition) is 1. The summed E-state index contributed by atoms with van der Waals surface area (Å²) in [7, 11) is 0. The summed E-state index contributed by atoms with van der Waals surface area (Å²) in [6.45, 7) is 2.37. The normalized spacial score (nSPS) is 16.8. The highest BCUT2D eigenvalue weighted by atomic mass is 32.1. The van der Waals surface area contributed by atoms with E-state index in [9.17, 15) is 19.1 Å². The van der Waals surface area contributed by atoms with E-state index < -0.39 is 17.7 Å². The van der Waals surface area contributed by atoms with E-state index in [1.54, 1.807) is 30.3 Å². The van der Waals surface area contributed by atoms with Gasteiger partial charge in [-0.15, -0.1) is 11.3 Å². The van der Waals surface area contributed by atoms with Crippen LogP contribution in [0.1, 0.15) is 33.2 Å². The molecule has 5 nitrogen and oxygen atoms in total. The van der Waals surface area contributed by atoms with Gasteiger partial charge in [0.1, 0.15) is 23.9 Å². The molecule has 0 bridgehead atoms. The zero-order valence-corrected chi connectivity index (χ0v) is 20.9. The summed E-state index contributed by atoms with van der Waals surface area (Å²) in [4.78, 5) is 28.5. The summed E-state index contributed by atoms with van der Waals surface area (Å²) in [6.07, 6.45) is 0. The van der Waals surface area contributed by atoms with E-state index in [1.807, 2.05) is 54.8 Å². The summed E-state index contributed by atoms with van der Waals surface area (Å²) in [5, 5.41) is 13.2. The van der Waals surface area contributed by atoms with Crippen molar-refractivity contribution < 1.29 is 23.8 Å². The molecular weight excluding hydrogens is 489 g/mol. The van der Waals surface area contributed by atoms with Crippen LogP contribution in [0.25, 0.3) is 5.76 Å². The highest BCUT2D eigenvalue weighted by molar-refractivity contribution is 7.10. The van der Waals surface area contributed by atoms with E-state index in [1.165, 1.54) is 28.4 Å². The predicted molar refractivity (Wildman–Crippen MR) is 141 cm³/mol. The molecule has 1 aromatic heterocycles. The molecule has 0 saturated carbocycles. The van der Waals surface area contributed by atoms with Gasteiger partial charge in [0, 0.05) is 17.0 Å². The van der Waals surface area contributed by atoms with Gasteiger partial charge in [-0.25, -0.2) is 4.39 Å². The minimum atomic E-state index is -0.751. The standard InChI is InChI=1S/C30H24FNO4S/c1-19-16-22(11-14-24(19)36-18-21-6-3-2-4-7-21)28(33)26-27(25-8-5-15-37-25)32(30(35)29(26)34)17-20-9-12-23(31)13-10-20/h2-16,27,33H,17-18H2,1H3/b28-26-. The van der Waals surface area contributed by atoms with E-state index in [2.05, 4.69) is 0 Å². The molecule has 3 aromatic carbocycles. The molecule has 0 aliphatic carbocycles. The van der Waals surface area contributed by atoms with E-state index in [0.717, 1.165) is 16.0 Å². The van der Waals surface area contributed by atoms with E-state index >= 15 is 0 Å². The van der Waals surface area contributed by atoms with Crippen molar-refractivity contribution in [1.29, 1.82) is 0 Å². The number of hydrogen-bond acceptors (Lipinski definition) is 5. The average Bonchev–Trinajstić information content (AvgIpc) is 3.52. The van der Waals surface area contributed by atoms with Gasteiger partial charge in [0.15, 0.2) is 0 Å². The zero-order valence-electron chi connectivity index (χ0n) is 20.1. The first-order chi connectivity index (χ1) is 17.9. The Morgan fingerprint density at radius 3 is 2.41 bits per heavy atom. The van der Waals surface area contributed by atoms with Crippen LogP contribution in [0.5, 0.6) is 5.75 Å². The Balaban J connectivity index is 1.48. The molecule has 1 saturated heterocycles. The first-order valence-corrected chi connectivity index (χ1v) is 12.6. The number of ether oxygens (including phenoxy) is 1. The molecule has 1 aliphatic heterocycles. The number of ketones is 1. The highest BCUT2D eigenvalue weighted by Gasteiger charge is 2.46. The van der Waals surface area contributed by atoms with Crippen LogP contribution in [-0.4, -0.2) is 21.7 Å². The third-order valence-corrected chi connectivity index (χ3v) is 7.23. The Morgan fingerprint density at radius 2 is 1.73 bits per heavy atom. The largest absolute Gasteiger partial charge is 0.507 e. The van der Waals surface area contributed by atoms with Crippen LogP contribution in [0.15, 0.2) is 95.9 Å². The molecule has 1 unspecified atom stereocenters. The average molecular weight is 514 g/mol. The number of aliphatic hydroxyl groups is 1. The molecular formula is C30H24FNO4S. The van der Waals surface area contributed by atoms with Crippen molar-refractivity contribution in [3.05, 3.63) is 129 Å². The first kappa shape index (κ1) is 24.5. The van der Waals surface area contributed by atoms with Crippen molar-refractivity contribution in [2.24, 2.45) is 0 Å². The maximum absolute atomic E-state index is 13.4. The third kappa shape index (κ3) is 5.04. The van der Waals surface area contributed by atoms with Crippen LogP contribution < -0.4 is 4.74 Å². The number of amides is 1. The fourth-order valence-electron chi connectivity index (χ4n) is 4.42. The molecule has 1 fully saturated rings. The first-order valence-electron chi connectivity index (χ1n) is 11.8. The van der Waals surface area contributed by atoms with Gasteiger partial charge in [-0.1, -0.05) is 48.5 Å². The lowest BCUT2D eigenvalue weighted by molar-refractivity contribution is -0.140. The molecule has 0 radical (unpaired) electrons. The number of aryl methyl sites for hydroxylation is 1. The van der Waals surface area contributed by atoms with Crippen molar-refractivity contribution in [3.63, 3.8) is 0 Å². The van der Waals surface area contributed by atoms with Crippen LogP contribution >= 0.6 is 11.3 Å². The molecule has 1 N–H and O–H groups in total. The third-order valence-electron chi connectivity index (χ3n) is 6.30. The number of carbonyl (C=O) groups excluding carboxylic acids is 2. The lowest BCUT2D eigenvalue weighted by Crippen LogP contribution is -2.28. The molecule has 37 heavy (non-hydrogen) atoms. The van der Waals surface area contributed by atoms with Gasteiger partial charge in [-0.3, -0.25) is 9.59 Å². The van der Waals surface area contributed by atoms with Gasteiger partial charge in [-0.05, 0) is 65.4 Å². The number of likely N-dealkylation sites (tertiary alicyclic amines) is 1. The van der Waals surface area contributed by atoms with Gasteiger partial charge in [-0.2, -0.15) is 0 Å². The summed E-state index contributed by atoms with van der Waals surface area (Å²) in [5.74, 6) is -1.42. The lowest BCUT2D eigenvalue weighted by Gasteiger charge is -2.24. The van der Waals surface area contributed by atoms with Crippen molar-refractivity contribution in [3.8, 4) is 5.75 Å². The second-order valence-corrected chi connectivity index (χ2v) is 9.80. The number of nitrogens with zero attached hydrogens (tertiary/aromatic N) is 1. The van der Waals surface area contributed by atoms with Crippen LogP contribution in [0.4, 0.5) is 4.39 Å². The lowest BCUT2D eigenvalue weighted by atomic mass is 9.98. The second kappa shape index (κ2) is 10.4. The minimum absolute atomic E-state index is 0.0342. The molecule has 2 heterocycles. The van der Waals surface area contributed by atoms with Crippen LogP contribution in [0.3, 0.4) is 0 Å². The van der Waals surface area contributed by atoms with Gasteiger partial charge in [0.05, 0.1) is 11.6 Å². The molecule has 0 spiro atoms. The van der Waals surface area contributed by atoms with Crippen LogP contribution in [0.2, 0.25) is 0 Å². The number of Topliss-reactive ketones (excluding diaryl/α,β-unsaturated/α-hetero) is 1. The Labute approximate surface area is 218 Å². The topological polar surface area (TPSA) is 66.8 Å². The monoisotopic (exact) mass is 513 g/mol. The number of rotatable bonds is 7. The van der Waals surface area contributed by atoms with Crippen LogP contribution in [-0.2, 0) is 22.7 Å². The maximum Gasteiger partial charge on any atom is 0.295 e. The molecule has 1 aliphatic rings. The molecule has 7 heteroatoms. The number of carbonyl (C=O) groups is 2. The van der Waals surface area contributed by atoms with E-state index in [-0.39, 0.29) is 23.7 Å². The van der Waals surface area contributed by atoms with Crippen molar-refractivity contribution in [2.75, 3.05) is 0 Å². The Kier molecular flexibility index (Phi) is 6.88. The Morgan fingerprint density at radius 1 is 0.973 bits per heavy atom. The van der Waals surface area contributed by atoms with Crippen molar-refractivity contribution in [2.45, 2.75) is 26.1 Å². The van der Waals surface area contributed by atoms with Gasteiger partial charge in [0.25, 0.3) is 11.7 Å². The summed E-state index contributed by atoms with van der Waals surface area (Å²) < 4.78 is 19.3. The molecule has 5 rings (SSSR count). The molecule has 186 valence electrons. The SMILES string of the molecule is Cc1cc(/C(O)=C2/C(=O)C(=O)N(Cc3ccc(F)cc3)C2c2cccs2)ccc1OCc1ccccc1. The zero-order chi connectivity index (χ0) is 25.9. The fraction of sp³-hybridized carbons (Fsp3) is 0.133. The molecule has 1 atom stereocenters. The fourth-order valence-corrected chi connectivity index (χ4v) is 5.27. The summed E-state index contributed by atoms with van der Waals surface area (Å²) >= 11 is 1.40. The number of thiophene rings is 1. The van der Waals surface area contributed by atoms with E-state index in [0.29, 0.717) is 23.5 Å². The Hall–Kier alpha value is -4.23. The number of halogens is 1. The van der Waals surface area contributed by atoms with Crippen molar-refractivity contribution >= 4 is 28.8 Å². The molecule has 1 amide bonds. The van der Waals surface area contributed by atoms with Gasteiger partial charge < -0.3 is 14.7 Å². The molecule has 4 aromatic rings. The van der Waals surface area contributed by atoms with E-state index in [4.69, 9.17) is 4.74 Å².